The van der Waals surface area contributed by atoms with E-state index < -0.39 is 18.0 Å². The Hall–Kier alpha value is -4.02. The number of halogens is 1. The number of nitrogens with two attached hydrogens (primary N) is 1. The van der Waals surface area contributed by atoms with Gasteiger partial charge < -0.3 is 20.7 Å². The Kier molecular flexibility index (Phi) is 9.73. The first-order chi connectivity index (χ1) is 17.3. The second-order valence-corrected chi connectivity index (χ2v) is 8.51. The number of nitrogens with zero attached hydrogens (tertiary/aromatic N) is 5. The number of amidine groups is 1. The van der Waals surface area contributed by atoms with Crippen molar-refractivity contribution in [3.05, 3.63) is 60.4 Å². The molecule has 11 heteroatoms. The summed E-state index contributed by atoms with van der Waals surface area (Å²) in [6.45, 7) is 4.77. The van der Waals surface area contributed by atoms with Crippen LogP contribution in [0.15, 0.2) is 70.0 Å². The van der Waals surface area contributed by atoms with Crippen LogP contribution < -0.4 is 20.9 Å². The fourth-order valence-electron chi connectivity index (χ4n) is 3.79. The number of amides is 2. The van der Waals surface area contributed by atoms with Crippen molar-refractivity contribution in [3.63, 3.8) is 0 Å². The molecule has 2 aromatic rings. The lowest BCUT2D eigenvalue weighted by Gasteiger charge is -2.32. The first-order valence-electron chi connectivity index (χ1n) is 11.8. The number of carbonyl (C=O) groups is 2. The Morgan fingerprint density at radius 3 is 2.33 bits per heavy atom. The van der Waals surface area contributed by atoms with Crippen LogP contribution in [0.25, 0.3) is 0 Å². The lowest BCUT2D eigenvalue weighted by atomic mass is 10.0. The minimum Gasteiger partial charge on any atom is -0.442 e. The van der Waals surface area contributed by atoms with E-state index in [1.807, 2.05) is 41.3 Å². The van der Waals surface area contributed by atoms with Crippen molar-refractivity contribution in [2.45, 2.75) is 38.8 Å². The maximum absolute atomic E-state index is 14.8. The van der Waals surface area contributed by atoms with E-state index in [1.165, 1.54) is 17.9 Å². The number of rotatable bonds is 6. The summed E-state index contributed by atoms with van der Waals surface area (Å²) in [4.78, 5) is 26.5. The molecular weight excluding hydrogens is 465 g/mol. The van der Waals surface area contributed by atoms with Crippen LogP contribution in [0, 0.1) is 5.82 Å². The molecule has 2 aliphatic heterocycles. The van der Waals surface area contributed by atoms with Crippen molar-refractivity contribution in [1.29, 1.82) is 0 Å². The van der Waals surface area contributed by atoms with E-state index in [-0.39, 0.29) is 25.0 Å². The van der Waals surface area contributed by atoms with E-state index in [2.05, 4.69) is 20.8 Å². The summed E-state index contributed by atoms with van der Waals surface area (Å²) in [5.41, 5.74) is 6.32. The fourth-order valence-corrected chi connectivity index (χ4v) is 3.79. The molecule has 2 fully saturated rings. The zero-order valence-electron chi connectivity index (χ0n) is 20.5. The van der Waals surface area contributed by atoms with E-state index >= 15 is 0 Å². The van der Waals surface area contributed by atoms with Gasteiger partial charge in [0.15, 0.2) is 0 Å². The maximum Gasteiger partial charge on any atom is 0.414 e. The molecule has 0 saturated carbocycles. The summed E-state index contributed by atoms with van der Waals surface area (Å²) in [6, 6.07) is 16.7. The topological polar surface area (TPSA) is 125 Å². The molecule has 2 saturated heterocycles. The number of carbonyl (C=O) groups excluding carboxylic acids is 2. The number of anilines is 2. The molecule has 1 unspecified atom stereocenters. The molecule has 3 N–H and O–H groups in total. The van der Waals surface area contributed by atoms with E-state index in [0.717, 1.165) is 12.8 Å². The molecule has 1 atom stereocenters. The highest BCUT2D eigenvalue weighted by molar-refractivity contribution is 5.90. The van der Waals surface area contributed by atoms with Gasteiger partial charge in [-0.3, -0.25) is 9.69 Å². The summed E-state index contributed by atoms with van der Waals surface area (Å²) in [7, 11) is 0. The third-order valence-corrected chi connectivity index (χ3v) is 5.58. The molecule has 0 radical (unpaired) electrons. The second kappa shape index (κ2) is 13.2. The van der Waals surface area contributed by atoms with Gasteiger partial charge in [-0.25, -0.2) is 9.18 Å². The monoisotopic (exact) mass is 497 g/mol. The van der Waals surface area contributed by atoms with Crippen LogP contribution in [-0.2, 0) is 9.53 Å². The van der Waals surface area contributed by atoms with Crippen LogP contribution in [0.4, 0.5) is 20.6 Å². The van der Waals surface area contributed by atoms with E-state index in [4.69, 9.17) is 10.5 Å². The lowest BCUT2D eigenvalue weighted by Crippen LogP contribution is -2.36. The molecule has 2 aliphatic rings. The van der Waals surface area contributed by atoms with Crippen LogP contribution in [0.5, 0.6) is 0 Å². The van der Waals surface area contributed by atoms with Gasteiger partial charge in [0, 0.05) is 20.0 Å². The van der Waals surface area contributed by atoms with E-state index in [0.29, 0.717) is 30.3 Å². The molecule has 2 heterocycles. The van der Waals surface area contributed by atoms with Gasteiger partial charge in [-0.2, -0.15) is 5.11 Å². The molecule has 192 valence electrons. The highest BCUT2D eigenvalue weighted by Crippen LogP contribution is 2.30. The Bertz CT molecular complexity index is 1040. The van der Waals surface area contributed by atoms with Crippen molar-refractivity contribution >= 4 is 29.2 Å². The third kappa shape index (κ3) is 8.03. The largest absolute Gasteiger partial charge is 0.442 e. The molecule has 0 aliphatic carbocycles. The molecule has 10 nitrogen and oxygen atoms in total. The summed E-state index contributed by atoms with van der Waals surface area (Å²) < 4.78 is 20.0. The smallest absolute Gasteiger partial charge is 0.414 e. The number of cyclic esters (lactones) is 1. The average molecular weight is 498 g/mol. The van der Waals surface area contributed by atoms with Crippen LogP contribution in [0.3, 0.4) is 0 Å². The van der Waals surface area contributed by atoms with Gasteiger partial charge >= 0.3 is 6.09 Å². The van der Waals surface area contributed by atoms with Crippen LogP contribution in [0.1, 0.15) is 26.7 Å². The number of nitrogens with one attached hydrogen (secondary N) is 1. The first-order valence-corrected chi connectivity index (χ1v) is 11.8. The predicted octanol–water partition coefficient (Wildman–Crippen LogP) is 3.69. The normalized spacial score (nSPS) is 18.6. The molecule has 0 bridgehead atoms. The summed E-state index contributed by atoms with van der Waals surface area (Å²) in [5, 5.41) is 14.2. The zero-order valence-corrected chi connectivity index (χ0v) is 20.5. The number of ether oxygens (including phenoxy) is 1. The predicted molar refractivity (Wildman–Crippen MR) is 137 cm³/mol. The van der Waals surface area contributed by atoms with Crippen LogP contribution in [-0.4, -0.2) is 56.2 Å². The molecule has 4 rings (SSSR count). The Morgan fingerprint density at radius 1 is 1.14 bits per heavy atom. The second-order valence-electron chi connectivity index (χ2n) is 8.51. The zero-order chi connectivity index (χ0) is 25.9. The van der Waals surface area contributed by atoms with Crippen molar-refractivity contribution in [2.24, 2.45) is 21.2 Å². The minimum atomic E-state index is -0.556. The standard InChI is InChI=1S/C19H26FN7O3.C6H6/c1-12(21)23-25-24-14-5-7-26(8-6-14)18-4-3-15(9-17(18)20)27-11-16(30-19(27)29)10-22-13(2)28;1-2-4-6-5-3-1/h3-4,9,14,16H,5-8,10-11H2,1-2H3,(H,22,28)(H2,21,23,24);1-6H. The Labute approximate surface area is 210 Å². The van der Waals surface area contributed by atoms with Gasteiger partial charge in [-0.1, -0.05) is 36.4 Å². The number of benzene rings is 2. The van der Waals surface area contributed by atoms with Gasteiger partial charge in [0.05, 0.1) is 30.5 Å². The van der Waals surface area contributed by atoms with Gasteiger partial charge in [0.2, 0.25) is 5.91 Å². The van der Waals surface area contributed by atoms with E-state index in [9.17, 15) is 14.0 Å². The molecule has 0 aromatic heterocycles. The minimum absolute atomic E-state index is 0.0339. The van der Waals surface area contributed by atoms with Gasteiger partial charge in [-0.05, 0) is 43.2 Å². The van der Waals surface area contributed by atoms with Crippen LogP contribution >= 0.6 is 0 Å². The highest BCUT2D eigenvalue weighted by Gasteiger charge is 2.33. The van der Waals surface area contributed by atoms with E-state index in [1.54, 1.807) is 19.1 Å². The van der Waals surface area contributed by atoms with Gasteiger partial charge in [0.1, 0.15) is 17.8 Å². The molecule has 36 heavy (non-hydrogen) atoms. The molecular formula is C25H32FN7O3. The third-order valence-electron chi connectivity index (χ3n) is 5.58. The molecule has 2 amide bonds. The maximum atomic E-state index is 14.8. The SMILES string of the molecule is CC(=O)NCC1CN(c2ccc(N3CCC(N=N/N=C(/C)N)CC3)c(F)c2)C(=O)O1.c1ccccc1. The van der Waals surface area contributed by atoms with Crippen molar-refractivity contribution in [3.8, 4) is 0 Å². The highest BCUT2D eigenvalue weighted by atomic mass is 19.1. The van der Waals surface area contributed by atoms with Crippen LogP contribution in [0.2, 0.25) is 0 Å². The quantitative estimate of drug-likeness (QED) is 0.273. The summed E-state index contributed by atoms with van der Waals surface area (Å²) in [5.74, 6) is -0.261. The first kappa shape index (κ1) is 26.6. The van der Waals surface area contributed by atoms with Gasteiger partial charge in [-0.15, -0.1) is 5.10 Å². The van der Waals surface area contributed by atoms with Crippen molar-refractivity contribution < 1.29 is 18.7 Å². The Balaban J connectivity index is 0.000000526. The summed E-state index contributed by atoms with van der Waals surface area (Å²) >= 11 is 0. The number of piperidine rings is 1. The summed E-state index contributed by atoms with van der Waals surface area (Å²) in [6.07, 6.45) is 0.434. The lowest BCUT2D eigenvalue weighted by molar-refractivity contribution is -0.119. The number of hydrogen-bond donors (Lipinski definition) is 2. The molecule has 2 aromatic carbocycles. The average Bonchev–Trinajstić information content (AvgIpc) is 3.25. The number of hydrogen-bond acceptors (Lipinski definition) is 6. The Morgan fingerprint density at radius 2 is 1.78 bits per heavy atom. The van der Waals surface area contributed by atoms with Gasteiger partial charge in [0.25, 0.3) is 0 Å². The van der Waals surface area contributed by atoms with Crippen molar-refractivity contribution in [1.82, 2.24) is 5.32 Å². The fraction of sp³-hybridized carbons (Fsp3) is 0.400. The molecule has 0 spiro atoms. The van der Waals surface area contributed by atoms with Crippen molar-refractivity contribution in [2.75, 3.05) is 36.0 Å².